The molecule has 4 aromatic rings. The maximum absolute atomic E-state index is 14.1. The molecule has 2 N–H and O–H groups in total. The van der Waals surface area contributed by atoms with E-state index < -0.39 is 44.9 Å². The van der Waals surface area contributed by atoms with Crippen molar-refractivity contribution < 1.29 is 36.2 Å². The first-order chi connectivity index (χ1) is 21.4. The molecule has 1 saturated heterocycles. The van der Waals surface area contributed by atoms with Gasteiger partial charge in [-0.2, -0.15) is 17.5 Å². The fourth-order valence-electron chi connectivity index (χ4n) is 6.25. The summed E-state index contributed by atoms with van der Waals surface area (Å²) in [5.41, 5.74) is 1.15. The number of nitrogens with one attached hydrogen (secondary N) is 1. The van der Waals surface area contributed by atoms with Crippen molar-refractivity contribution in [3.63, 3.8) is 0 Å². The highest BCUT2D eigenvalue weighted by Crippen LogP contribution is 2.44. The average Bonchev–Trinajstić information content (AvgIpc) is 3.37. The summed E-state index contributed by atoms with van der Waals surface area (Å²) in [5, 5.41) is 20.6. The van der Waals surface area contributed by atoms with Gasteiger partial charge in [-0.3, -0.25) is 9.20 Å². The van der Waals surface area contributed by atoms with Gasteiger partial charge in [0.2, 0.25) is 21.7 Å². The Labute approximate surface area is 263 Å². The van der Waals surface area contributed by atoms with Crippen molar-refractivity contribution >= 4 is 21.6 Å². The first-order valence-corrected chi connectivity index (χ1v) is 16.0. The summed E-state index contributed by atoms with van der Waals surface area (Å²) >= 11 is 0. The molecule has 11 nitrogen and oxygen atoms in total. The lowest BCUT2D eigenvalue weighted by atomic mass is 9.70. The second kappa shape index (κ2) is 10.7. The molecule has 0 radical (unpaired) electrons. The molecule has 0 aliphatic carbocycles. The second-order valence-corrected chi connectivity index (χ2v) is 14.6. The average molecular weight is 659 g/mol. The third kappa shape index (κ3) is 5.19. The number of sulfonamides is 1. The predicted molar refractivity (Wildman–Crippen MR) is 160 cm³/mol. The van der Waals surface area contributed by atoms with Crippen molar-refractivity contribution in [1.82, 2.24) is 29.2 Å². The number of fused-ring (bicyclic) bond motifs is 2. The van der Waals surface area contributed by atoms with E-state index in [1.165, 1.54) is 22.6 Å². The number of carboxylic acid groups (broad SMARTS) is 1. The Hall–Kier alpha value is -4.08. The number of ether oxygens (including phenoxy) is 1. The summed E-state index contributed by atoms with van der Waals surface area (Å²) < 4.78 is 77.2. The Morgan fingerprint density at radius 3 is 2.48 bits per heavy atom. The summed E-state index contributed by atoms with van der Waals surface area (Å²) in [6.07, 6.45) is -1.98. The molecule has 15 heteroatoms. The number of aliphatic carboxylic acids is 1. The van der Waals surface area contributed by atoms with Gasteiger partial charge in [-0.1, -0.05) is 18.2 Å². The zero-order valence-electron chi connectivity index (χ0n) is 25.8. The molecule has 0 amide bonds. The molecule has 0 saturated carbocycles. The summed E-state index contributed by atoms with van der Waals surface area (Å²) in [6.45, 7) is 9.17. The van der Waals surface area contributed by atoms with E-state index in [9.17, 15) is 31.5 Å². The number of alkyl halides is 3. The molecule has 1 spiro atoms. The van der Waals surface area contributed by atoms with Gasteiger partial charge < -0.3 is 15.2 Å². The number of benzene rings is 1. The number of halogens is 3. The molecule has 1 atom stereocenters. The number of aryl methyl sites for hydroxylation is 3. The van der Waals surface area contributed by atoms with E-state index in [1.54, 1.807) is 52.1 Å². The van der Waals surface area contributed by atoms with Crippen LogP contribution in [-0.4, -0.2) is 68.6 Å². The largest absolute Gasteiger partial charge is 0.481 e. The summed E-state index contributed by atoms with van der Waals surface area (Å²) in [7, 11) is -4.06. The summed E-state index contributed by atoms with van der Waals surface area (Å²) in [5.74, 6) is -3.10. The van der Waals surface area contributed by atoms with Gasteiger partial charge in [0.1, 0.15) is 10.5 Å². The highest BCUT2D eigenvalue weighted by molar-refractivity contribution is 7.89. The first kappa shape index (κ1) is 31.9. The fraction of sp³-hybridized carbons (Fsp3) is 0.419. The predicted octanol–water partition coefficient (Wildman–Crippen LogP) is 4.24. The van der Waals surface area contributed by atoms with Gasteiger partial charge in [-0.25, -0.2) is 13.4 Å². The van der Waals surface area contributed by atoms with Crippen molar-refractivity contribution in [2.75, 3.05) is 19.6 Å². The third-order valence-corrected chi connectivity index (χ3v) is 10.8. The maximum atomic E-state index is 14.1. The minimum absolute atomic E-state index is 0.0227. The van der Waals surface area contributed by atoms with Crippen molar-refractivity contribution in [1.29, 1.82) is 0 Å². The molecule has 3 aromatic heterocycles. The van der Waals surface area contributed by atoms with Crippen LogP contribution in [0.5, 0.6) is 5.88 Å². The van der Waals surface area contributed by atoms with Crippen LogP contribution < -0.4 is 10.1 Å². The van der Waals surface area contributed by atoms with Gasteiger partial charge in [0.25, 0.3) is 0 Å². The van der Waals surface area contributed by atoms with Crippen molar-refractivity contribution in [3.05, 3.63) is 81.9 Å². The van der Waals surface area contributed by atoms with Gasteiger partial charge >= 0.3 is 12.1 Å². The van der Waals surface area contributed by atoms with E-state index in [0.717, 1.165) is 9.96 Å². The lowest BCUT2D eigenvalue weighted by Crippen LogP contribution is -2.67. The van der Waals surface area contributed by atoms with Crippen LogP contribution >= 0.6 is 0 Å². The Morgan fingerprint density at radius 2 is 1.85 bits per heavy atom. The molecule has 244 valence electrons. The van der Waals surface area contributed by atoms with E-state index in [1.807, 2.05) is 6.92 Å². The molecule has 1 aromatic carbocycles. The molecular formula is C31H33F3N6O5S. The van der Waals surface area contributed by atoms with Gasteiger partial charge in [-0.15, -0.1) is 10.2 Å². The number of aromatic nitrogens is 4. The second-order valence-electron chi connectivity index (χ2n) is 12.7. The van der Waals surface area contributed by atoms with E-state index in [-0.39, 0.29) is 29.5 Å². The van der Waals surface area contributed by atoms with Crippen LogP contribution in [0.25, 0.3) is 5.65 Å². The monoisotopic (exact) mass is 658 g/mol. The Kier molecular flexibility index (Phi) is 7.44. The van der Waals surface area contributed by atoms with E-state index in [0.29, 0.717) is 40.9 Å². The van der Waals surface area contributed by atoms with Gasteiger partial charge in [-0.05, 0) is 80.1 Å². The normalized spacial score (nSPS) is 18.4. The molecule has 1 unspecified atom stereocenters. The number of carbonyl (C=O) groups is 1. The van der Waals surface area contributed by atoms with Crippen molar-refractivity contribution in [2.24, 2.45) is 5.41 Å². The van der Waals surface area contributed by atoms with Crippen molar-refractivity contribution in [3.8, 4) is 5.88 Å². The van der Waals surface area contributed by atoms with Crippen LogP contribution in [0.1, 0.15) is 59.0 Å². The number of hydrogen-bond acceptors (Lipinski definition) is 8. The molecule has 6 rings (SSSR count). The molecule has 0 bridgehead atoms. The van der Waals surface area contributed by atoms with E-state index in [4.69, 9.17) is 4.74 Å². The highest BCUT2D eigenvalue weighted by atomic mass is 32.2. The van der Waals surface area contributed by atoms with Crippen LogP contribution in [0.3, 0.4) is 0 Å². The molecule has 46 heavy (non-hydrogen) atoms. The highest BCUT2D eigenvalue weighted by Gasteiger charge is 2.48. The maximum Gasteiger partial charge on any atom is 0.452 e. The molecular weight excluding hydrogens is 625 g/mol. The number of nitrogens with zero attached hydrogens (tertiary/aromatic N) is 5. The van der Waals surface area contributed by atoms with Crippen molar-refractivity contribution in [2.45, 2.75) is 63.8 Å². The quantitative estimate of drug-likeness (QED) is 0.312. The van der Waals surface area contributed by atoms with Gasteiger partial charge in [0.05, 0.1) is 12.0 Å². The molecule has 2 aliphatic heterocycles. The topological polar surface area (TPSA) is 139 Å². The molecule has 5 heterocycles. The summed E-state index contributed by atoms with van der Waals surface area (Å²) in [6, 6.07) is 8.35. The third-order valence-electron chi connectivity index (χ3n) is 9.00. The van der Waals surface area contributed by atoms with Crippen LogP contribution in [0.2, 0.25) is 0 Å². The first-order valence-electron chi connectivity index (χ1n) is 14.6. The SMILES string of the molecule is Cc1cnc2c(c1)S(=O)(=O)N(Cc1cc(C(c3ccn4c(C(F)(F)F)nnc4c3C)C(C)(C)C(=O)O)ccc1C)CC1(CNC1)O2. The lowest BCUT2D eigenvalue weighted by molar-refractivity contribution is -0.147. The van der Waals surface area contributed by atoms with E-state index in [2.05, 4.69) is 20.5 Å². The number of carboxylic acids is 1. The smallest absolute Gasteiger partial charge is 0.452 e. The fourth-order valence-corrected chi connectivity index (χ4v) is 7.89. The Bertz CT molecular complexity index is 1990. The number of hydrogen-bond donors (Lipinski definition) is 2. The standard InChI is InChI=1S/C31H33F3N6O5S/c1-17-10-23-26(36-12-17)45-30(14-35-15-30)16-39(46(23,43)44)13-21-11-20(7-6-18(21)2)24(29(4,5)28(41)42)22-8-9-40-25(19(22)3)37-38-27(40)31(32,33)34/h6-12,24,35H,13-16H2,1-5H3,(H,41,42). The summed E-state index contributed by atoms with van der Waals surface area (Å²) in [4.78, 5) is 16.9. The van der Waals surface area contributed by atoms with Crippen LogP contribution in [0.4, 0.5) is 13.2 Å². The zero-order valence-corrected chi connectivity index (χ0v) is 26.6. The molecule has 1 fully saturated rings. The van der Waals surface area contributed by atoms with Crippen LogP contribution in [0, 0.1) is 26.2 Å². The molecule has 2 aliphatic rings. The number of rotatable bonds is 6. The number of pyridine rings is 2. The minimum Gasteiger partial charge on any atom is -0.481 e. The lowest BCUT2D eigenvalue weighted by Gasteiger charge is -2.42. The Balaban J connectivity index is 1.46. The van der Waals surface area contributed by atoms with Gasteiger partial charge in [0.15, 0.2) is 5.65 Å². The van der Waals surface area contributed by atoms with Crippen LogP contribution in [-0.2, 0) is 27.5 Å². The van der Waals surface area contributed by atoms with Gasteiger partial charge in [0, 0.05) is 37.9 Å². The Morgan fingerprint density at radius 1 is 1.13 bits per heavy atom. The van der Waals surface area contributed by atoms with E-state index >= 15 is 0 Å². The minimum atomic E-state index is -4.74. The van der Waals surface area contributed by atoms with Crippen LogP contribution in [0.15, 0.2) is 47.6 Å². The zero-order chi connectivity index (χ0) is 33.4.